The lowest BCUT2D eigenvalue weighted by molar-refractivity contribution is -0.172. The fourth-order valence-electron chi connectivity index (χ4n) is 2.67. The maximum atomic E-state index is 12.1. The molecule has 1 aliphatic heterocycles. The van der Waals surface area contributed by atoms with Crippen molar-refractivity contribution < 1.29 is 19.0 Å². The summed E-state index contributed by atoms with van der Waals surface area (Å²) in [5, 5.41) is 0. The minimum Gasteiger partial charge on any atom is -0.459 e. The molecule has 0 aromatic heterocycles. The number of hydrogen-bond acceptors (Lipinski definition) is 5. The van der Waals surface area contributed by atoms with E-state index in [9.17, 15) is 4.79 Å². The first kappa shape index (κ1) is 23.6. The Kier molecular flexibility index (Phi) is 11.9. The van der Waals surface area contributed by atoms with Crippen LogP contribution < -0.4 is 5.73 Å². The number of halogens is 1. The summed E-state index contributed by atoms with van der Waals surface area (Å²) in [7, 11) is 0. The molecule has 144 valence electrons. The van der Waals surface area contributed by atoms with E-state index in [1.165, 1.54) is 0 Å². The molecule has 1 rings (SSSR count). The molecule has 0 aromatic rings. The molecule has 0 saturated carbocycles. The van der Waals surface area contributed by atoms with E-state index in [0.29, 0.717) is 31.5 Å². The maximum Gasteiger partial charge on any atom is 0.323 e. The largest absolute Gasteiger partial charge is 0.459 e. The van der Waals surface area contributed by atoms with E-state index in [0.717, 1.165) is 19.3 Å². The molecule has 1 aliphatic rings. The molecule has 24 heavy (non-hydrogen) atoms. The van der Waals surface area contributed by atoms with Gasteiger partial charge in [0, 0.05) is 13.2 Å². The van der Waals surface area contributed by atoms with Crippen LogP contribution in [0.1, 0.15) is 60.3 Å². The molecule has 2 N–H and O–H groups in total. The Morgan fingerprint density at radius 3 is 2.21 bits per heavy atom. The molecule has 1 fully saturated rings. The highest BCUT2D eigenvalue weighted by Crippen LogP contribution is 2.22. The van der Waals surface area contributed by atoms with Crippen molar-refractivity contribution in [2.75, 3.05) is 13.2 Å². The number of nitrogens with two attached hydrogens (primary N) is 1. The van der Waals surface area contributed by atoms with Crippen molar-refractivity contribution in [1.82, 2.24) is 0 Å². The van der Waals surface area contributed by atoms with Crippen LogP contribution in [-0.2, 0) is 19.0 Å². The van der Waals surface area contributed by atoms with Gasteiger partial charge in [-0.1, -0.05) is 40.5 Å². The molecule has 6 heteroatoms. The summed E-state index contributed by atoms with van der Waals surface area (Å²) < 4.78 is 17.7. The topological polar surface area (TPSA) is 70.8 Å². The molecular weight excluding hydrogens is 330 g/mol. The molecule has 4 atom stereocenters. The highest BCUT2D eigenvalue weighted by Gasteiger charge is 2.33. The number of hydrogen-bond donors (Lipinski definition) is 1. The van der Waals surface area contributed by atoms with Crippen LogP contribution in [0.2, 0.25) is 0 Å². The van der Waals surface area contributed by atoms with Crippen molar-refractivity contribution in [1.29, 1.82) is 0 Å². The average Bonchev–Trinajstić information content (AvgIpc) is 2.46. The Morgan fingerprint density at radius 2 is 1.62 bits per heavy atom. The third-order valence-corrected chi connectivity index (χ3v) is 3.95. The molecule has 5 nitrogen and oxygen atoms in total. The van der Waals surface area contributed by atoms with Gasteiger partial charge in [0.15, 0.2) is 0 Å². The molecule has 0 spiro atoms. The maximum absolute atomic E-state index is 12.1. The van der Waals surface area contributed by atoms with E-state index in [2.05, 4.69) is 27.7 Å². The van der Waals surface area contributed by atoms with Crippen molar-refractivity contribution in [3.8, 4) is 0 Å². The number of carbonyl (C=O) groups is 1. The van der Waals surface area contributed by atoms with Crippen LogP contribution in [0.15, 0.2) is 0 Å². The molecule has 1 saturated heterocycles. The average molecular weight is 366 g/mol. The van der Waals surface area contributed by atoms with Gasteiger partial charge in [-0.2, -0.15) is 0 Å². The lowest BCUT2D eigenvalue weighted by atomic mass is 9.99. The first-order valence-corrected chi connectivity index (χ1v) is 9.00. The Morgan fingerprint density at radius 1 is 1.08 bits per heavy atom. The summed E-state index contributed by atoms with van der Waals surface area (Å²) in [5.41, 5.74) is 5.88. The lowest BCUT2D eigenvalue weighted by Crippen LogP contribution is -2.46. The SMILES string of the molecule is CC(C)CO[C@H]1[C@H](C)OC(=O)[C@@H](N)CCCC[C@@H]1OCC(C)C.Cl. The fourth-order valence-corrected chi connectivity index (χ4v) is 2.67. The van der Waals surface area contributed by atoms with Crippen LogP contribution in [0.5, 0.6) is 0 Å². The van der Waals surface area contributed by atoms with E-state index >= 15 is 0 Å². The summed E-state index contributed by atoms with van der Waals surface area (Å²) >= 11 is 0. The number of rotatable bonds is 6. The Labute approximate surface area is 153 Å². The van der Waals surface area contributed by atoms with E-state index in [1.54, 1.807) is 0 Å². The fraction of sp³-hybridized carbons (Fsp3) is 0.944. The number of carbonyl (C=O) groups excluding carboxylic acids is 1. The molecule has 0 bridgehead atoms. The molecule has 1 heterocycles. The summed E-state index contributed by atoms with van der Waals surface area (Å²) in [5.74, 6) is 0.545. The van der Waals surface area contributed by atoms with Crippen molar-refractivity contribution >= 4 is 18.4 Å². The van der Waals surface area contributed by atoms with E-state index in [4.69, 9.17) is 19.9 Å². The van der Waals surface area contributed by atoms with Gasteiger partial charge < -0.3 is 19.9 Å². The zero-order valence-electron chi connectivity index (χ0n) is 15.8. The quantitative estimate of drug-likeness (QED) is 0.731. The molecule has 0 amide bonds. The van der Waals surface area contributed by atoms with E-state index < -0.39 is 6.04 Å². The lowest BCUT2D eigenvalue weighted by Gasteiger charge is -2.34. The summed E-state index contributed by atoms with van der Waals surface area (Å²) in [4.78, 5) is 12.1. The van der Waals surface area contributed by atoms with Gasteiger partial charge in [0.25, 0.3) is 0 Å². The Hall–Kier alpha value is -0.360. The molecule has 0 unspecified atom stereocenters. The van der Waals surface area contributed by atoms with Gasteiger partial charge in [0.05, 0.1) is 6.10 Å². The van der Waals surface area contributed by atoms with Crippen LogP contribution in [0.3, 0.4) is 0 Å². The second kappa shape index (κ2) is 12.1. The number of esters is 1. The molecule has 0 radical (unpaired) electrons. The minimum atomic E-state index is -0.531. The van der Waals surface area contributed by atoms with Gasteiger partial charge in [-0.05, 0) is 31.6 Å². The van der Waals surface area contributed by atoms with E-state index in [1.807, 2.05) is 6.92 Å². The Balaban J connectivity index is 0.00000529. The zero-order valence-corrected chi connectivity index (χ0v) is 16.6. The Bertz CT molecular complexity index is 352. The molecule has 0 aliphatic carbocycles. The van der Waals surface area contributed by atoms with Crippen molar-refractivity contribution in [2.45, 2.75) is 84.7 Å². The van der Waals surface area contributed by atoms with Gasteiger partial charge in [0.2, 0.25) is 0 Å². The van der Waals surface area contributed by atoms with Crippen LogP contribution in [0, 0.1) is 11.8 Å². The predicted molar refractivity (Wildman–Crippen MR) is 98.4 cm³/mol. The van der Waals surface area contributed by atoms with Gasteiger partial charge >= 0.3 is 5.97 Å². The normalized spacial score (nSPS) is 29.2. The molecular formula is C18H36ClNO4. The number of cyclic esters (lactones) is 1. The standard InChI is InChI=1S/C18H35NO4.ClH/c1-12(2)10-21-16-9-7-6-8-15(19)18(20)23-14(5)17(16)22-11-13(3)4;/h12-17H,6-11,19H2,1-5H3;1H/t14-,15-,16-,17-;/m0./s1. The van der Waals surface area contributed by atoms with Crippen LogP contribution in [0.25, 0.3) is 0 Å². The highest BCUT2D eigenvalue weighted by molar-refractivity contribution is 5.85. The molecule has 0 aromatic carbocycles. The van der Waals surface area contributed by atoms with Crippen molar-refractivity contribution in [3.63, 3.8) is 0 Å². The first-order valence-electron chi connectivity index (χ1n) is 9.00. The number of ether oxygens (including phenoxy) is 3. The summed E-state index contributed by atoms with van der Waals surface area (Å²) in [6.45, 7) is 11.7. The van der Waals surface area contributed by atoms with Gasteiger partial charge in [-0.25, -0.2) is 0 Å². The van der Waals surface area contributed by atoms with Crippen molar-refractivity contribution in [2.24, 2.45) is 17.6 Å². The smallest absolute Gasteiger partial charge is 0.323 e. The van der Waals surface area contributed by atoms with Crippen LogP contribution >= 0.6 is 12.4 Å². The van der Waals surface area contributed by atoms with Crippen molar-refractivity contribution in [3.05, 3.63) is 0 Å². The summed E-state index contributed by atoms with van der Waals surface area (Å²) in [6, 6.07) is -0.531. The second-order valence-corrected chi connectivity index (χ2v) is 7.49. The van der Waals surface area contributed by atoms with E-state index in [-0.39, 0.29) is 36.7 Å². The van der Waals surface area contributed by atoms with Crippen LogP contribution in [-0.4, -0.2) is 43.5 Å². The zero-order chi connectivity index (χ0) is 17.4. The summed E-state index contributed by atoms with van der Waals surface area (Å²) in [6.07, 6.45) is 2.81. The first-order chi connectivity index (χ1) is 10.8. The third kappa shape index (κ3) is 8.65. The minimum absolute atomic E-state index is 0. The van der Waals surface area contributed by atoms with Gasteiger partial charge in [0.1, 0.15) is 18.2 Å². The highest BCUT2D eigenvalue weighted by atomic mass is 35.5. The van der Waals surface area contributed by atoms with Gasteiger partial charge in [-0.15, -0.1) is 12.4 Å². The van der Waals surface area contributed by atoms with Crippen LogP contribution in [0.4, 0.5) is 0 Å². The third-order valence-electron chi connectivity index (χ3n) is 3.95. The predicted octanol–water partition coefficient (Wildman–Crippen LogP) is 3.32. The monoisotopic (exact) mass is 365 g/mol. The van der Waals surface area contributed by atoms with Gasteiger partial charge in [-0.3, -0.25) is 4.79 Å². The second-order valence-electron chi connectivity index (χ2n) is 7.49.